The highest BCUT2D eigenvalue weighted by Crippen LogP contribution is 2.28. The first kappa shape index (κ1) is 19.0. The summed E-state index contributed by atoms with van der Waals surface area (Å²) < 4.78 is 32.6. The van der Waals surface area contributed by atoms with E-state index in [1.807, 2.05) is 0 Å². The fourth-order valence-electron chi connectivity index (χ4n) is 2.56. The molecule has 3 rings (SSSR count). The van der Waals surface area contributed by atoms with E-state index < -0.39 is 10.0 Å². The lowest BCUT2D eigenvalue weighted by molar-refractivity contribution is 0.0940. The van der Waals surface area contributed by atoms with E-state index >= 15 is 0 Å². The summed E-state index contributed by atoms with van der Waals surface area (Å²) >= 11 is 0. The highest BCUT2D eigenvalue weighted by molar-refractivity contribution is 7.89. The average molecular weight is 376 g/mol. The van der Waals surface area contributed by atoms with Crippen LogP contribution in [0.2, 0.25) is 0 Å². The van der Waals surface area contributed by atoms with Crippen molar-refractivity contribution in [3.8, 4) is 5.75 Å². The van der Waals surface area contributed by atoms with Gasteiger partial charge in [0.15, 0.2) is 0 Å². The Balaban J connectivity index is 0.00000208. The zero-order valence-electron chi connectivity index (χ0n) is 13.4. The van der Waals surface area contributed by atoms with Gasteiger partial charge in [0.25, 0.3) is 5.91 Å². The van der Waals surface area contributed by atoms with Crippen LogP contribution in [0.4, 0.5) is 0 Å². The first-order valence-corrected chi connectivity index (χ1v) is 9.20. The molecule has 0 spiro atoms. The normalized spacial score (nSPS) is 20.3. The highest BCUT2D eigenvalue weighted by atomic mass is 35.5. The predicted molar refractivity (Wildman–Crippen MR) is 92.3 cm³/mol. The Labute approximate surface area is 148 Å². The molecule has 2 aliphatic rings. The Bertz CT molecular complexity index is 701. The third-order valence-electron chi connectivity index (χ3n) is 4.01. The fraction of sp³-hybridized carbons (Fsp3) is 0.533. The van der Waals surface area contributed by atoms with Gasteiger partial charge in [-0.25, -0.2) is 13.1 Å². The second-order valence-corrected chi connectivity index (χ2v) is 7.61. The number of hydrogen-bond acceptors (Lipinski definition) is 5. The summed E-state index contributed by atoms with van der Waals surface area (Å²) in [5, 5.41) is 6.08. The Morgan fingerprint density at radius 1 is 1.25 bits per heavy atom. The van der Waals surface area contributed by atoms with Crippen LogP contribution in [0.1, 0.15) is 29.6 Å². The van der Waals surface area contributed by atoms with Gasteiger partial charge in [-0.2, -0.15) is 0 Å². The van der Waals surface area contributed by atoms with Crippen molar-refractivity contribution in [3.63, 3.8) is 0 Å². The number of halogens is 1. The van der Waals surface area contributed by atoms with E-state index in [2.05, 4.69) is 15.4 Å². The van der Waals surface area contributed by atoms with E-state index in [0.717, 1.165) is 32.4 Å². The zero-order chi connectivity index (χ0) is 16.4. The largest absolute Gasteiger partial charge is 0.495 e. The minimum absolute atomic E-state index is 0. The molecule has 24 heavy (non-hydrogen) atoms. The van der Waals surface area contributed by atoms with Crippen molar-refractivity contribution in [2.45, 2.75) is 36.2 Å². The van der Waals surface area contributed by atoms with E-state index in [9.17, 15) is 13.2 Å². The highest BCUT2D eigenvalue weighted by Gasteiger charge is 2.30. The van der Waals surface area contributed by atoms with Gasteiger partial charge in [-0.15, -0.1) is 12.4 Å². The van der Waals surface area contributed by atoms with E-state index in [1.54, 1.807) is 6.07 Å². The number of ether oxygens (including phenoxy) is 1. The minimum atomic E-state index is -3.69. The topological polar surface area (TPSA) is 96.5 Å². The van der Waals surface area contributed by atoms with Gasteiger partial charge in [0, 0.05) is 24.2 Å². The quantitative estimate of drug-likeness (QED) is 0.678. The van der Waals surface area contributed by atoms with Crippen LogP contribution in [0.25, 0.3) is 0 Å². The first-order valence-electron chi connectivity index (χ1n) is 7.71. The summed E-state index contributed by atoms with van der Waals surface area (Å²) in [6.45, 7) is 1.61. The summed E-state index contributed by atoms with van der Waals surface area (Å²) in [4.78, 5) is 12.3. The third kappa shape index (κ3) is 4.38. The van der Waals surface area contributed by atoms with Crippen molar-refractivity contribution >= 4 is 28.3 Å². The van der Waals surface area contributed by atoms with E-state index in [1.165, 1.54) is 19.2 Å². The molecular formula is C15H22ClN3O4S. The van der Waals surface area contributed by atoms with Gasteiger partial charge < -0.3 is 15.4 Å². The molecule has 0 bridgehead atoms. The number of sulfonamides is 1. The molecule has 1 amide bonds. The number of amides is 1. The van der Waals surface area contributed by atoms with Gasteiger partial charge in [-0.1, -0.05) is 0 Å². The van der Waals surface area contributed by atoms with Crippen LogP contribution >= 0.6 is 12.4 Å². The molecule has 1 aromatic carbocycles. The van der Waals surface area contributed by atoms with Crippen molar-refractivity contribution in [1.82, 2.24) is 15.4 Å². The van der Waals surface area contributed by atoms with Crippen molar-refractivity contribution in [3.05, 3.63) is 23.8 Å². The number of hydrogen-bond donors (Lipinski definition) is 3. The second-order valence-electron chi connectivity index (χ2n) is 5.92. The van der Waals surface area contributed by atoms with Gasteiger partial charge in [-0.05, 0) is 44.0 Å². The monoisotopic (exact) mass is 375 g/mol. The maximum absolute atomic E-state index is 12.4. The van der Waals surface area contributed by atoms with Crippen molar-refractivity contribution in [2.24, 2.45) is 0 Å². The average Bonchev–Trinajstić information content (AvgIpc) is 3.18. The summed E-state index contributed by atoms with van der Waals surface area (Å²) in [5.41, 5.74) is 0.314. The fourth-order valence-corrected chi connectivity index (χ4v) is 4.06. The Morgan fingerprint density at radius 2 is 2.00 bits per heavy atom. The summed E-state index contributed by atoms with van der Waals surface area (Å²) in [7, 11) is -2.28. The molecule has 1 aromatic rings. The summed E-state index contributed by atoms with van der Waals surface area (Å²) in [6, 6.07) is 4.54. The van der Waals surface area contributed by atoms with Crippen molar-refractivity contribution in [1.29, 1.82) is 0 Å². The van der Waals surface area contributed by atoms with Crippen molar-refractivity contribution in [2.75, 3.05) is 20.2 Å². The minimum Gasteiger partial charge on any atom is -0.495 e. The van der Waals surface area contributed by atoms with Gasteiger partial charge in [0.2, 0.25) is 10.0 Å². The molecule has 1 atom stereocenters. The molecule has 7 nitrogen and oxygen atoms in total. The van der Waals surface area contributed by atoms with Gasteiger partial charge in [-0.3, -0.25) is 4.79 Å². The van der Waals surface area contributed by atoms with Gasteiger partial charge in [0.05, 0.1) is 7.11 Å². The van der Waals surface area contributed by atoms with E-state index in [4.69, 9.17) is 4.74 Å². The number of benzene rings is 1. The van der Waals surface area contributed by atoms with Crippen LogP contribution in [-0.4, -0.2) is 46.6 Å². The summed E-state index contributed by atoms with van der Waals surface area (Å²) in [5.74, 6) is -0.0403. The van der Waals surface area contributed by atoms with Crippen LogP contribution in [0, 0.1) is 0 Å². The van der Waals surface area contributed by atoms with Crippen LogP contribution < -0.4 is 20.1 Å². The maximum Gasteiger partial charge on any atom is 0.251 e. The lowest BCUT2D eigenvalue weighted by Gasteiger charge is -2.14. The Hall–Kier alpha value is -1.35. The molecule has 1 saturated heterocycles. The molecule has 1 unspecified atom stereocenters. The lowest BCUT2D eigenvalue weighted by Crippen LogP contribution is -2.36. The van der Waals surface area contributed by atoms with E-state index in [0.29, 0.717) is 5.56 Å². The number of rotatable bonds is 6. The SMILES string of the molecule is COc1ccc(C(=O)NC2CCNC2)cc1S(=O)(=O)NC1CC1.Cl. The molecule has 1 aliphatic carbocycles. The molecular weight excluding hydrogens is 354 g/mol. The molecule has 1 heterocycles. The number of nitrogens with one attached hydrogen (secondary N) is 3. The molecule has 2 fully saturated rings. The number of methoxy groups -OCH3 is 1. The van der Waals surface area contributed by atoms with Gasteiger partial charge in [0.1, 0.15) is 10.6 Å². The lowest BCUT2D eigenvalue weighted by atomic mass is 10.2. The molecule has 0 aromatic heterocycles. The molecule has 9 heteroatoms. The maximum atomic E-state index is 12.4. The van der Waals surface area contributed by atoms with Crippen LogP contribution in [-0.2, 0) is 10.0 Å². The standard InChI is InChI=1S/C15H21N3O4S.ClH/c1-22-13-5-2-10(15(19)17-12-6-7-16-9-12)8-14(13)23(20,21)18-11-3-4-11;/h2,5,8,11-12,16,18H,3-4,6-7,9H2,1H3,(H,17,19);1H. The van der Waals surface area contributed by atoms with Crippen LogP contribution in [0.5, 0.6) is 5.75 Å². The molecule has 3 N–H and O–H groups in total. The smallest absolute Gasteiger partial charge is 0.251 e. The molecule has 134 valence electrons. The second kappa shape index (κ2) is 7.69. The van der Waals surface area contributed by atoms with Crippen LogP contribution in [0.15, 0.2) is 23.1 Å². The Kier molecular flexibility index (Phi) is 6.08. The first-order chi connectivity index (χ1) is 11.0. The Morgan fingerprint density at radius 3 is 2.58 bits per heavy atom. The zero-order valence-corrected chi connectivity index (χ0v) is 15.0. The number of carbonyl (C=O) groups is 1. The van der Waals surface area contributed by atoms with Crippen LogP contribution in [0.3, 0.4) is 0 Å². The molecule has 0 radical (unpaired) electrons. The summed E-state index contributed by atoms with van der Waals surface area (Å²) in [6.07, 6.45) is 2.56. The number of carbonyl (C=O) groups excluding carboxylic acids is 1. The van der Waals surface area contributed by atoms with E-state index in [-0.39, 0.29) is 41.0 Å². The third-order valence-corrected chi connectivity index (χ3v) is 5.55. The van der Waals surface area contributed by atoms with Gasteiger partial charge >= 0.3 is 0 Å². The molecule has 1 aliphatic heterocycles. The van der Waals surface area contributed by atoms with Crippen molar-refractivity contribution < 1.29 is 17.9 Å². The molecule has 1 saturated carbocycles. The predicted octanol–water partition coefficient (Wildman–Crippen LogP) is 0.649.